The van der Waals surface area contributed by atoms with Gasteiger partial charge in [0.05, 0.1) is 12.5 Å². The Hall–Kier alpha value is -1.06. The zero-order chi connectivity index (χ0) is 10.6. The van der Waals surface area contributed by atoms with Crippen LogP contribution >= 0.6 is 11.6 Å². The van der Waals surface area contributed by atoms with Crippen LogP contribution in [-0.4, -0.2) is 19.1 Å². The lowest BCUT2D eigenvalue weighted by Crippen LogP contribution is -2.35. The summed E-state index contributed by atoms with van der Waals surface area (Å²) in [6.45, 7) is 0. The van der Waals surface area contributed by atoms with Gasteiger partial charge in [0.1, 0.15) is 6.04 Å². The van der Waals surface area contributed by atoms with Crippen molar-refractivity contribution in [2.75, 3.05) is 7.11 Å². The summed E-state index contributed by atoms with van der Waals surface area (Å²) in [5, 5.41) is -0.552. The largest absolute Gasteiger partial charge is 0.468 e. The van der Waals surface area contributed by atoms with Gasteiger partial charge in [-0.3, -0.25) is 4.79 Å². The van der Waals surface area contributed by atoms with Crippen LogP contribution in [0.1, 0.15) is 10.9 Å². The number of ether oxygens (including phenoxy) is 1. The Morgan fingerprint density at radius 2 is 2.00 bits per heavy atom. The van der Waals surface area contributed by atoms with E-state index in [9.17, 15) is 4.79 Å². The fraction of sp³-hybridized carbons (Fsp3) is 0.300. The van der Waals surface area contributed by atoms with E-state index in [4.69, 9.17) is 17.3 Å². The number of benzene rings is 1. The van der Waals surface area contributed by atoms with Crippen LogP contribution in [-0.2, 0) is 9.53 Å². The number of hydrogen-bond donors (Lipinski definition) is 1. The molecule has 0 aliphatic heterocycles. The molecule has 0 amide bonds. The first-order valence-electron chi connectivity index (χ1n) is 4.19. The van der Waals surface area contributed by atoms with Crippen molar-refractivity contribution in [2.24, 2.45) is 5.73 Å². The van der Waals surface area contributed by atoms with Crippen molar-refractivity contribution < 1.29 is 9.53 Å². The van der Waals surface area contributed by atoms with Crippen molar-refractivity contribution in [3.05, 3.63) is 35.9 Å². The highest BCUT2D eigenvalue weighted by atomic mass is 35.5. The molecule has 1 aromatic rings. The van der Waals surface area contributed by atoms with Gasteiger partial charge in [0, 0.05) is 0 Å². The van der Waals surface area contributed by atoms with Crippen molar-refractivity contribution >= 4 is 17.6 Å². The van der Waals surface area contributed by atoms with E-state index in [1.165, 1.54) is 7.11 Å². The number of methoxy groups -OCH3 is 1. The van der Waals surface area contributed by atoms with Crippen molar-refractivity contribution in [3.63, 3.8) is 0 Å². The minimum absolute atomic E-state index is 0.506. The zero-order valence-electron chi connectivity index (χ0n) is 7.81. The first-order valence-corrected chi connectivity index (χ1v) is 4.63. The van der Waals surface area contributed by atoms with Crippen molar-refractivity contribution in [3.8, 4) is 0 Å². The highest BCUT2D eigenvalue weighted by Crippen LogP contribution is 2.23. The van der Waals surface area contributed by atoms with Gasteiger partial charge in [-0.05, 0) is 5.56 Å². The second kappa shape index (κ2) is 4.98. The molecule has 0 radical (unpaired) electrons. The monoisotopic (exact) mass is 213 g/mol. The Morgan fingerprint density at radius 1 is 1.43 bits per heavy atom. The molecule has 76 valence electrons. The van der Waals surface area contributed by atoms with Crippen LogP contribution in [0.4, 0.5) is 0 Å². The number of rotatable bonds is 3. The number of esters is 1. The summed E-state index contributed by atoms with van der Waals surface area (Å²) in [7, 11) is 1.29. The molecule has 0 heterocycles. The first-order chi connectivity index (χ1) is 6.66. The second-order valence-corrected chi connectivity index (χ2v) is 3.33. The molecule has 2 N–H and O–H groups in total. The lowest BCUT2D eigenvalue weighted by molar-refractivity contribution is -0.142. The van der Waals surface area contributed by atoms with E-state index in [-0.39, 0.29) is 0 Å². The molecule has 0 saturated carbocycles. The molecule has 2 atom stereocenters. The normalized spacial score (nSPS) is 14.5. The van der Waals surface area contributed by atoms with E-state index in [0.29, 0.717) is 0 Å². The van der Waals surface area contributed by atoms with E-state index < -0.39 is 17.4 Å². The summed E-state index contributed by atoms with van der Waals surface area (Å²) in [6, 6.07) is 8.37. The molecule has 0 spiro atoms. The minimum atomic E-state index is -0.830. The van der Waals surface area contributed by atoms with Gasteiger partial charge < -0.3 is 10.5 Å². The van der Waals surface area contributed by atoms with Crippen LogP contribution in [0.5, 0.6) is 0 Å². The van der Waals surface area contributed by atoms with Gasteiger partial charge in [0.15, 0.2) is 0 Å². The SMILES string of the molecule is COC(=O)C(N)C(Cl)c1ccccc1. The van der Waals surface area contributed by atoms with E-state index in [1.807, 2.05) is 30.3 Å². The van der Waals surface area contributed by atoms with E-state index >= 15 is 0 Å². The minimum Gasteiger partial charge on any atom is -0.468 e. The Morgan fingerprint density at radius 3 is 2.50 bits per heavy atom. The third-order valence-corrected chi connectivity index (χ3v) is 2.43. The molecule has 0 aromatic heterocycles. The maximum atomic E-state index is 11.1. The molecule has 0 saturated heterocycles. The van der Waals surface area contributed by atoms with E-state index in [1.54, 1.807) is 0 Å². The lowest BCUT2D eigenvalue weighted by atomic mass is 10.1. The fourth-order valence-electron chi connectivity index (χ4n) is 1.10. The molecular weight excluding hydrogens is 202 g/mol. The van der Waals surface area contributed by atoms with E-state index in [2.05, 4.69) is 4.74 Å². The average Bonchev–Trinajstić information content (AvgIpc) is 2.27. The summed E-state index contributed by atoms with van der Waals surface area (Å²) < 4.78 is 4.51. The number of hydrogen-bond acceptors (Lipinski definition) is 3. The lowest BCUT2D eigenvalue weighted by Gasteiger charge is -2.15. The molecular formula is C10H12ClNO2. The summed E-state index contributed by atoms with van der Waals surface area (Å²) in [5.41, 5.74) is 6.41. The average molecular weight is 214 g/mol. The Labute approximate surface area is 87.8 Å². The van der Waals surface area contributed by atoms with Gasteiger partial charge in [0.2, 0.25) is 0 Å². The van der Waals surface area contributed by atoms with Crippen LogP contribution in [0.3, 0.4) is 0 Å². The summed E-state index contributed by atoms with van der Waals surface area (Å²) in [4.78, 5) is 11.1. The molecule has 0 aliphatic rings. The maximum Gasteiger partial charge on any atom is 0.324 e. The predicted octanol–water partition coefficient (Wildman–Crippen LogP) is 1.47. The van der Waals surface area contributed by atoms with Gasteiger partial charge >= 0.3 is 5.97 Å². The summed E-state index contributed by atoms with van der Waals surface area (Å²) in [6.07, 6.45) is 0. The molecule has 1 rings (SSSR count). The Bertz CT molecular complexity index is 302. The topological polar surface area (TPSA) is 52.3 Å². The molecule has 0 fully saturated rings. The molecule has 4 heteroatoms. The second-order valence-electron chi connectivity index (χ2n) is 2.86. The zero-order valence-corrected chi connectivity index (χ0v) is 8.57. The van der Waals surface area contributed by atoms with Gasteiger partial charge in [-0.2, -0.15) is 0 Å². The van der Waals surface area contributed by atoms with Crippen LogP contribution in [0.25, 0.3) is 0 Å². The highest BCUT2D eigenvalue weighted by Gasteiger charge is 2.24. The number of halogens is 1. The van der Waals surface area contributed by atoms with E-state index in [0.717, 1.165) is 5.56 Å². The molecule has 0 bridgehead atoms. The van der Waals surface area contributed by atoms with Crippen LogP contribution in [0.15, 0.2) is 30.3 Å². The van der Waals surface area contributed by atoms with Crippen LogP contribution < -0.4 is 5.73 Å². The van der Waals surface area contributed by atoms with Crippen molar-refractivity contribution in [1.82, 2.24) is 0 Å². The van der Waals surface area contributed by atoms with Crippen LogP contribution in [0.2, 0.25) is 0 Å². The third kappa shape index (κ3) is 2.47. The third-order valence-electron chi connectivity index (χ3n) is 1.91. The van der Waals surface area contributed by atoms with Gasteiger partial charge in [-0.15, -0.1) is 11.6 Å². The molecule has 3 nitrogen and oxygen atoms in total. The summed E-state index contributed by atoms with van der Waals surface area (Å²) >= 11 is 6.00. The predicted molar refractivity (Wildman–Crippen MR) is 55.0 cm³/mol. The summed E-state index contributed by atoms with van der Waals surface area (Å²) in [5.74, 6) is -0.506. The van der Waals surface area contributed by atoms with Gasteiger partial charge in [-0.1, -0.05) is 30.3 Å². The number of alkyl halides is 1. The first kappa shape index (κ1) is 11.0. The molecule has 1 aromatic carbocycles. The molecule has 2 unspecified atom stereocenters. The maximum absolute atomic E-state index is 11.1. The quantitative estimate of drug-likeness (QED) is 0.611. The molecule has 14 heavy (non-hydrogen) atoms. The van der Waals surface area contributed by atoms with Crippen LogP contribution in [0, 0.1) is 0 Å². The highest BCUT2D eigenvalue weighted by molar-refractivity contribution is 6.22. The Balaban J connectivity index is 2.75. The van der Waals surface area contributed by atoms with Crippen molar-refractivity contribution in [2.45, 2.75) is 11.4 Å². The van der Waals surface area contributed by atoms with Gasteiger partial charge in [0.25, 0.3) is 0 Å². The number of carbonyl (C=O) groups is 1. The number of nitrogens with two attached hydrogens (primary N) is 1. The fourth-order valence-corrected chi connectivity index (χ4v) is 1.35. The Kier molecular flexibility index (Phi) is 3.92. The van der Waals surface area contributed by atoms with Gasteiger partial charge in [-0.25, -0.2) is 0 Å². The van der Waals surface area contributed by atoms with Crippen molar-refractivity contribution in [1.29, 1.82) is 0 Å². The standard InChI is InChI=1S/C10H12ClNO2/c1-14-10(13)9(12)8(11)7-5-3-2-4-6-7/h2-6,8-9H,12H2,1H3. The number of carbonyl (C=O) groups excluding carboxylic acids is 1. The smallest absolute Gasteiger partial charge is 0.324 e. The molecule has 0 aliphatic carbocycles.